The fraction of sp³-hybridized carbons (Fsp3) is 0.273. The summed E-state index contributed by atoms with van der Waals surface area (Å²) in [5.41, 5.74) is 1.17. The second kappa shape index (κ2) is 16.1. The van der Waals surface area contributed by atoms with Crippen molar-refractivity contribution in [3.63, 3.8) is 0 Å². The van der Waals surface area contributed by atoms with Crippen LogP contribution in [0.25, 0.3) is 0 Å². The Kier molecular flexibility index (Phi) is 14.4. The zero-order chi connectivity index (χ0) is 25.7. The second-order valence-corrected chi connectivity index (χ2v) is 6.59. The molecule has 2 unspecified atom stereocenters. The topological polar surface area (TPSA) is 192 Å². The molecule has 0 amide bonds. The van der Waals surface area contributed by atoms with E-state index >= 15 is 0 Å². The van der Waals surface area contributed by atoms with Gasteiger partial charge in [-0.3, -0.25) is 9.59 Å². The van der Waals surface area contributed by atoms with Gasteiger partial charge in [0.05, 0.1) is 27.4 Å². The summed E-state index contributed by atoms with van der Waals surface area (Å²) in [7, 11) is 2.75. The third kappa shape index (κ3) is 10.4. The number of nitrogens with one attached hydrogen (secondary N) is 2. The standard InChI is InChI=1S/2C11H13NO5.Fe/c2*1-17-10-4-7(2-3-9(10)14)5-12-8(6-13)11(15)16;/h2*2-5,8,12-13H,6H2,1H3,(H,15,16);. The largest absolute Gasteiger partial charge is 0.493 e. The van der Waals surface area contributed by atoms with E-state index in [9.17, 15) is 19.2 Å². The van der Waals surface area contributed by atoms with Crippen LogP contribution >= 0.6 is 0 Å². The van der Waals surface area contributed by atoms with Crippen LogP contribution in [0.15, 0.2) is 71.5 Å². The van der Waals surface area contributed by atoms with E-state index in [0.29, 0.717) is 11.1 Å². The van der Waals surface area contributed by atoms with Crippen LogP contribution in [0.5, 0.6) is 0 Å². The summed E-state index contributed by atoms with van der Waals surface area (Å²) in [5, 5.41) is 40.0. The average Bonchev–Trinajstić information content (AvgIpc) is 2.81. The van der Waals surface area contributed by atoms with Crippen molar-refractivity contribution < 1.29 is 66.1 Å². The molecule has 0 aromatic carbocycles. The number of carbonyl (C=O) groups excluding carboxylic acids is 2. The molecule has 2 rings (SSSR count). The Balaban J connectivity index is 0.000000642. The fourth-order valence-corrected chi connectivity index (χ4v) is 2.35. The minimum absolute atomic E-state index is 0. The summed E-state index contributed by atoms with van der Waals surface area (Å²) >= 11 is 0. The zero-order valence-electron chi connectivity index (χ0n) is 18.8. The number of aliphatic carboxylic acids is 2. The van der Waals surface area contributed by atoms with Crippen LogP contribution in [-0.4, -0.2) is 83.4 Å². The van der Waals surface area contributed by atoms with Crippen molar-refractivity contribution in [2.75, 3.05) is 27.4 Å². The number of methoxy groups -OCH3 is 2. The fourth-order valence-electron chi connectivity index (χ4n) is 2.35. The summed E-state index contributed by atoms with van der Waals surface area (Å²) in [5.74, 6) is -2.46. The van der Waals surface area contributed by atoms with E-state index in [1.165, 1.54) is 63.1 Å². The van der Waals surface area contributed by atoms with Gasteiger partial charge in [0.1, 0.15) is 12.1 Å². The van der Waals surface area contributed by atoms with Crippen molar-refractivity contribution in [3.05, 3.63) is 71.5 Å². The molecule has 0 heterocycles. The number of carbonyl (C=O) groups is 4. The van der Waals surface area contributed by atoms with E-state index in [1.54, 1.807) is 0 Å². The molecule has 0 aliphatic heterocycles. The minimum atomic E-state index is -1.16. The summed E-state index contributed by atoms with van der Waals surface area (Å²) in [4.78, 5) is 43.6. The van der Waals surface area contributed by atoms with Crippen LogP contribution in [0, 0.1) is 0 Å². The Labute approximate surface area is 211 Å². The van der Waals surface area contributed by atoms with Crippen molar-refractivity contribution in [3.8, 4) is 0 Å². The van der Waals surface area contributed by atoms with Crippen LogP contribution in [0.1, 0.15) is 0 Å². The number of hydrogen-bond donors (Lipinski definition) is 6. The Bertz CT molecular complexity index is 901. The molecule has 0 saturated heterocycles. The maximum Gasteiger partial charge on any atom is 0.328 e. The predicted molar refractivity (Wildman–Crippen MR) is 118 cm³/mol. The van der Waals surface area contributed by atoms with Crippen LogP contribution < -0.4 is 10.6 Å². The van der Waals surface area contributed by atoms with Gasteiger partial charge < -0.3 is 40.5 Å². The number of carboxylic acid groups (broad SMARTS) is 2. The zero-order valence-corrected chi connectivity index (χ0v) is 19.9. The van der Waals surface area contributed by atoms with E-state index in [-0.39, 0.29) is 40.2 Å². The molecule has 0 bridgehead atoms. The van der Waals surface area contributed by atoms with Crippen LogP contribution in [0.2, 0.25) is 0 Å². The van der Waals surface area contributed by atoms with E-state index in [2.05, 4.69) is 10.6 Å². The van der Waals surface area contributed by atoms with Gasteiger partial charge in [0.2, 0.25) is 11.6 Å². The first-order valence-corrected chi connectivity index (χ1v) is 9.72. The SMILES string of the molecule is COC1=CC(=CNC(CO)C(=O)O)C=CC1=O.COC1=CC(=CNC(CO)C(=O)O)C=CC1=O.[Fe]. The molecule has 0 aromatic rings. The van der Waals surface area contributed by atoms with Gasteiger partial charge in [-0.05, 0) is 47.6 Å². The molecular weight excluding hydrogens is 508 g/mol. The van der Waals surface area contributed by atoms with Crippen LogP contribution in [0.4, 0.5) is 0 Å². The predicted octanol–water partition coefficient (Wildman–Crippen LogP) is -0.853. The van der Waals surface area contributed by atoms with Gasteiger partial charge in [-0.2, -0.15) is 0 Å². The number of aliphatic hydroxyl groups is 2. The molecule has 192 valence electrons. The van der Waals surface area contributed by atoms with Crippen LogP contribution in [0.3, 0.4) is 0 Å². The number of rotatable bonds is 10. The maximum atomic E-state index is 11.2. The third-order valence-corrected chi connectivity index (χ3v) is 4.24. The summed E-state index contributed by atoms with van der Waals surface area (Å²) in [6, 6.07) is -2.15. The summed E-state index contributed by atoms with van der Waals surface area (Å²) < 4.78 is 9.68. The smallest absolute Gasteiger partial charge is 0.328 e. The molecule has 2 aliphatic rings. The number of allylic oxidation sites excluding steroid dienone is 8. The van der Waals surface area contributed by atoms with Gasteiger partial charge in [-0.15, -0.1) is 0 Å². The molecule has 0 fully saturated rings. The van der Waals surface area contributed by atoms with Crippen molar-refractivity contribution in [1.82, 2.24) is 10.6 Å². The first kappa shape index (κ1) is 31.4. The van der Waals surface area contributed by atoms with E-state index < -0.39 is 37.2 Å². The maximum absolute atomic E-state index is 11.2. The van der Waals surface area contributed by atoms with E-state index in [0.717, 1.165) is 0 Å². The van der Waals surface area contributed by atoms with Crippen molar-refractivity contribution in [2.24, 2.45) is 0 Å². The first-order valence-electron chi connectivity index (χ1n) is 9.72. The third-order valence-electron chi connectivity index (χ3n) is 4.24. The Morgan fingerprint density at radius 3 is 1.40 bits per heavy atom. The number of carboxylic acids is 2. The van der Waals surface area contributed by atoms with Crippen molar-refractivity contribution >= 4 is 23.5 Å². The minimum Gasteiger partial charge on any atom is -0.493 e. The monoisotopic (exact) mass is 534 g/mol. The number of ether oxygens (including phenoxy) is 2. The average molecular weight is 534 g/mol. The molecule has 0 saturated carbocycles. The molecule has 0 aromatic heterocycles. The van der Waals surface area contributed by atoms with Gasteiger partial charge in [0.15, 0.2) is 11.5 Å². The van der Waals surface area contributed by atoms with Crippen molar-refractivity contribution in [2.45, 2.75) is 12.1 Å². The number of aliphatic hydroxyl groups excluding tert-OH is 2. The van der Waals surface area contributed by atoms with Gasteiger partial charge >= 0.3 is 11.9 Å². The molecule has 35 heavy (non-hydrogen) atoms. The van der Waals surface area contributed by atoms with Gasteiger partial charge in [-0.25, -0.2) is 9.59 Å². The Morgan fingerprint density at radius 2 is 1.14 bits per heavy atom. The summed E-state index contributed by atoms with van der Waals surface area (Å²) in [6.45, 7) is -1.05. The molecule has 2 aliphatic carbocycles. The summed E-state index contributed by atoms with van der Waals surface area (Å²) in [6.07, 6.45) is 11.4. The molecular formula is C22H26FeN2O10. The molecule has 13 heteroatoms. The molecule has 0 spiro atoms. The Morgan fingerprint density at radius 1 is 0.800 bits per heavy atom. The molecule has 0 radical (unpaired) electrons. The first-order chi connectivity index (χ1) is 16.2. The molecule has 12 nitrogen and oxygen atoms in total. The van der Waals surface area contributed by atoms with Gasteiger partial charge in [-0.1, -0.05) is 0 Å². The quantitative estimate of drug-likeness (QED) is 0.191. The van der Waals surface area contributed by atoms with Crippen molar-refractivity contribution in [1.29, 1.82) is 0 Å². The van der Waals surface area contributed by atoms with E-state index in [1.807, 2.05) is 0 Å². The number of hydrogen-bond acceptors (Lipinski definition) is 10. The molecule has 2 atom stereocenters. The van der Waals surface area contributed by atoms with Gasteiger partial charge in [0.25, 0.3) is 0 Å². The van der Waals surface area contributed by atoms with Crippen LogP contribution in [-0.2, 0) is 45.7 Å². The van der Waals surface area contributed by atoms with E-state index in [4.69, 9.17) is 29.9 Å². The second-order valence-electron chi connectivity index (χ2n) is 6.59. The Hall–Kier alpha value is -3.64. The molecule has 6 N–H and O–H groups in total. The normalized spacial score (nSPS) is 18.3. The number of ketones is 2. The van der Waals surface area contributed by atoms with Gasteiger partial charge in [0, 0.05) is 29.5 Å².